The Morgan fingerprint density at radius 2 is 2.11 bits per heavy atom. The van der Waals surface area contributed by atoms with Crippen molar-refractivity contribution in [1.29, 1.82) is 0 Å². The monoisotopic (exact) mass is 255 g/mol. The van der Waals surface area contributed by atoms with Crippen LogP contribution in [0.1, 0.15) is 17.9 Å². The van der Waals surface area contributed by atoms with Crippen molar-refractivity contribution in [2.24, 2.45) is 14.1 Å². The van der Waals surface area contributed by atoms with Crippen molar-refractivity contribution in [2.75, 3.05) is 0 Å². The average molecular weight is 255 g/mol. The summed E-state index contributed by atoms with van der Waals surface area (Å²) in [6, 6.07) is -0.296. The maximum Gasteiger partial charge on any atom is 0.519 e. The first-order valence-corrected chi connectivity index (χ1v) is 5.21. The number of aliphatic carboxylic acids is 1. The van der Waals surface area contributed by atoms with E-state index in [1.165, 1.54) is 18.7 Å². The van der Waals surface area contributed by atoms with Crippen LogP contribution in [0.4, 0.5) is 5.82 Å². The third-order valence-electron chi connectivity index (χ3n) is 3.03. The first-order chi connectivity index (χ1) is 8.34. The standard InChI is InChI=1S/C10H11N3O5/c1-12-7-6(9(17)13(2)10(12)18)4(3-5(14)15)8(16)11-7/h4H,3H2,1-2H3,(H2,11,14,15,16,17)/p+2. The second kappa shape index (κ2) is 3.83. The van der Waals surface area contributed by atoms with Crippen LogP contribution in [-0.4, -0.2) is 31.8 Å². The predicted octanol–water partition coefficient (Wildman–Crippen LogP) is -2.84. The first kappa shape index (κ1) is 12.1. The highest BCUT2D eigenvalue weighted by Gasteiger charge is 2.44. The van der Waals surface area contributed by atoms with Crippen molar-refractivity contribution in [2.45, 2.75) is 12.3 Å². The number of carbonyl (C=O) groups is 1. The van der Waals surface area contributed by atoms with Gasteiger partial charge in [0.15, 0.2) is 5.56 Å². The van der Waals surface area contributed by atoms with E-state index >= 15 is 0 Å². The Hall–Kier alpha value is -2.38. The Morgan fingerprint density at radius 3 is 2.67 bits per heavy atom. The SMILES string of the molecule is Cn1c(O)[n+](C)c2c(c1=O)C(CC(=O)O)C(O)=[NH+]2. The van der Waals surface area contributed by atoms with Gasteiger partial charge in [-0.25, -0.2) is 4.79 Å². The van der Waals surface area contributed by atoms with Crippen molar-refractivity contribution in [3.8, 4) is 6.01 Å². The number of aliphatic hydroxyl groups is 1. The summed E-state index contributed by atoms with van der Waals surface area (Å²) in [7, 11) is 2.86. The third kappa shape index (κ3) is 1.53. The Kier molecular flexibility index (Phi) is 2.57. The van der Waals surface area contributed by atoms with Gasteiger partial charge in [-0.1, -0.05) is 0 Å². The van der Waals surface area contributed by atoms with E-state index in [1.807, 2.05) is 0 Å². The maximum absolute atomic E-state index is 12.0. The van der Waals surface area contributed by atoms with Gasteiger partial charge >= 0.3 is 23.4 Å². The number of fused-ring (bicyclic) bond motifs is 1. The molecule has 2 rings (SSSR count). The molecule has 1 unspecified atom stereocenters. The molecule has 0 radical (unpaired) electrons. The van der Waals surface area contributed by atoms with E-state index in [1.54, 1.807) is 0 Å². The molecule has 4 N–H and O–H groups in total. The number of carboxylic acids is 1. The van der Waals surface area contributed by atoms with Gasteiger partial charge in [0.2, 0.25) is 0 Å². The number of aromatic nitrogens is 2. The summed E-state index contributed by atoms with van der Waals surface area (Å²) < 4.78 is 2.27. The van der Waals surface area contributed by atoms with Crippen molar-refractivity contribution in [3.05, 3.63) is 15.9 Å². The van der Waals surface area contributed by atoms with Crippen LogP contribution in [0.5, 0.6) is 6.01 Å². The summed E-state index contributed by atoms with van der Waals surface area (Å²) in [4.78, 5) is 25.3. The number of carboxylic acid groups (broad SMARTS) is 1. The Bertz CT molecular complexity index is 631. The molecule has 0 saturated carbocycles. The smallest absolute Gasteiger partial charge is 0.481 e. The van der Waals surface area contributed by atoms with Crippen LogP contribution < -0.4 is 15.1 Å². The molecule has 96 valence electrons. The van der Waals surface area contributed by atoms with E-state index in [4.69, 9.17) is 5.11 Å². The van der Waals surface area contributed by atoms with Gasteiger partial charge in [0.05, 0.1) is 6.42 Å². The van der Waals surface area contributed by atoms with E-state index in [-0.39, 0.29) is 23.3 Å². The van der Waals surface area contributed by atoms with Crippen LogP contribution in [-0.2, 0) is 18.9 Å². The Morgan fingerprint density at radius 1 is 1.50 bits per heavy atom. The molecule has 2 heterocycles. The zero-order valence-corrected chi connectivity index (χ0v) is 9.84. The number of aromatic hydroxyl groups is 1. The molecule has 1 atom stereocenters. The summed E-state index contributed by atoms with van der Waals surface area (Å²) in [6.45, 7) is 0. The lowest BCUT2D eigenvalue weighted by Crippen LogP contribution is -2.70. The summed E-state index contributed by atoms with van der Waals surface area (Å²) in [5, 5.41) is 28.2. The van der Waals surface area contributed by atoms with Crippen LogP contribution in [0.3, 0.4) is 0 Å². The molecule has 0 spiro atoms. The van der Waals surface area contributed by atoms with Gasteiger partial charge < -0.3 is 15.3 Å². The van der Waals surface area contributed by atoms with E-state index in [0.29, 0.717) is 0 Å². The maximum atomic E-state index is 12.0. The minimum absolute atomic E-state index is 0.137. The van der Waals surface area contributed by atoms with Gasteiger partial charge in [0.25, 0.3) is 5.90 Å². The van der Waals surface area contributed by atoms with E-state index < -0.39 is 23.9 Å². The molecule has 1 aromatic rings. The first-order valence-electron chi connectivity index (χ1n) is 5.21. The summed E-state index contributed by atoms with van der Waals surface area (Å²) >= 11 is 0. The fourth-order valence-electron chi connectivity index (χ4n) is 2.06. The van der Waals surface area contributed by atoms with Gasteiger partial charge in [-0.15, -0.1) is 9.13 Å². The molecule has 1 aliphatic rings. The molecule has 0 aromatic carbocycles. The van der Waals surface area contributed by atoms with Gasteiger partial charge in [-0.05, 0) is 0 Å². The molecule has 1 aromatic heterocycles. The van der Waals surface area contributed by atoms with Crippen molar-refractivity contribution >= 4 is 17.7 Å². The van der Waals surface area contributed by atoms with Gasteiger partial charge in [-0.3, -0.25) is 4.79 Å². The van der Waals surface area contributed by atoms with Crippen molar-refractivity contribution in [3.63, 3.8) is 0 Å². The molecule has 8 nitrogen and oxygen atoms in total. The minimum Gasteiger partial charge on any atom is -0.481 e. The highest BCUT2D eigenvalue weighted by Crippen LogP contribution is 2.23. The summed E-state index contributed by atoms with van der Waals surface area (Å²) in [5.41, 5.74) is -0.402. The van der Waals surface area contributed by atoms with Gasteiger partial charge in [-0.2, -0.15) is 4.99 Å². The third-order valence-corrected chi connectivity index (χ3v) is 3.03. The number of rotatable bonds is 2. The number of aliphatic hydroxyl groups excluding tert-OH is 1. The lowest BCUT2D eigenvalue weighted by Gasteiger charge is -2.03. The molecule has 0 bridgehead atoms. The average Bonchev–Trinajstić information content (AvgIpc) is 2.61. The normalized spacial score (nSPS) is 17.4. The minimum atomic E-state index is -1.13. The lowest BCUT2D eigenvalue weighted by molar-refractivity contribution is -0.722. The van der Waals surface area contributed by atoms with Crippen LogP contribution in [0, 0.1) is 0 Å². The Labute approximate surface area is 101 Å². The largest absolute Gasteiger partial charge is 0.519 e. The second-order valence-electron chi connectivity index (χ2n) is 4.15. The van der Waals surface area contributed by atoms with Gasteiger partial charge in [0.1, 0.15) is 20.0 Å². The quantitative estimate of drug-likeness (QED) is 0.424. The fourth-order valence-corrected chi connectivity index (χ4v) is 2.06. The molecule has 0 aliphatic carbocycles. The lowest BCUT2D eigenvalue weighted by atomic mass is 9.99. The number of nitrogens with one attached hydrogen (secondary N) is 1. The highest BCUT2D eigenvalue weighted by molar-refractivity contribution is 5.85. The number of nitrogens with zero attached hydrogens (tertiary/aromatic N) is 2. The highest BCUT2D eigenvalue weighted by atomic mass is 16.4. The molecule has 0 amide bonds. The van der Waals surface area contributed by atoms with Crippen LogP contribution in [0.25, 0.3) is 0 Å². The predicted molar refractivity (Wildman–Crippen MR) is 57.8 cm³/mol. The second-order valence-corrected chi connectivity index (χ2v) is 4.15. The molecular formula is C10H13N3O5+2. The van der Waals surface area contributed by atoms with E-state index in [9.17, 15) is 19.8 Å². The summed E-state index contributed by atoms with van der Waals surface area (Å²) in [6.07, 6.45) is -0.397. The number of hydrogen-bond donors (Lipinski definition) is 4. The van der Waals surface area contributed by atoms with Crippen LogP contribution in [0.15, 0.2) is 4.79 Å². The Balaban J connectivity index is 2.71. The van der Waals surface area contributed by atoms with Crippen LogP contribution >= 0.6 is 0 Å². The molecule has 0 saturated heterocycles. The van der Waals surface area contributed by atoms with Crippen molar-refractivity contribution < 1.29 is 29.7 Å². The molecular weight excluding hydrogens is 242 g/mol. The zero-order chi connectivity index (χ0) is 13.6. The van der Waals surface area contributed by atoms with E-state index in [2.05, 4.69) is 4.99 Å². The molecule has 8 heteroatoms. The van der Waals surface area contributed by atoms with Crippen LogP contribution in [0.2, 0.25) is 0 Å². The van der Waals surface area contributed by atoms with E-state index in [0.717, 1.165) is 4.57 Å². The molecule has 18 heavy (non-hydrogen) atoms. The molecule has 0 fully saturated rings. The van der Waals surface area contributed by atoms with Gasteiger partial charge in [0, 0.05) is 0 Å². The zero-order valence-electron chi connectivity index (χ0n) is 9.84. The topological polar surface area (TPSA) is 118 Å². The number of hydrogen-bond acceptors (Lipinski definition) is 3. The fraction of sp³-hybridized carbons (Fsp3) is 0.400. The van der Waals surface area contributed by atoms with Crippen molar-refractivity contribution in [1.82, 2.24) is 4.57 Å². The molecule has 1 aliphatic heterocycles. The summed E-state index contributed by atoms with van der Waals surface area (Å²) in [5.74, 6) is -2.13.